The Hall–Kier alpha value is -2.09. The van der Waals surface area contributed by atoms with Crippen LogP contribution in [0.3, 0.4) is 0 Å². The van der Waals surface area contributed by atoms with Gasteiger partial charge in [-0.25, -0.2) is 0 Å². The molecule has 0 aliphatic heterocycles. The molecule has 0 radical (unpaired) electrons. The van der Waals surface area contributed by atoms with Crippen molar-refractivity contribution in [2.24, 2.45) is 0 Å². The molecule has 2 heteroatoms. The van der Waals surface area contributed by atoms with Crippen molar-refractivity contribution in [1.82, 2.24) is 0 Å². The molecule has 0 saturated heterocycles. The van der Waals surface area contributed by atoms with E-state index in [2.05, 4.69) is 0 Å². The van der Waals surface area contributed by atoms with Gasteiger partial charge in [0, 0.05) is 16.8 Å². The van der Waals surface area contributed by atoms with Crippen LogP contribution in [0.15, 0.2) is 36.4 Å². The highest BCUT2D eigenvalue weighted by Gasteiger charge is 2.23. The van der Waals surface area contributed by atoms with Gasteiger partial charge < -0.3 is 5.73 Å². The quantitative estimate of drug-likeness (QED) is 0.595. The van der Waals surface area contributed by atoms with Gasteiger partial charge in [0.2, 0.25) is 0 Å². The van der Waals surface area contributed by atoms with Crippen molar-refractivity contribution in [3.8, 4) is 0 Å². The third-order valence-electron chi connectivity index (χ3n) is 3.38. The van der Waals surface area contributed by atoms with Gasteiger partial charge >= 0.3 is 0 Å². The molecule has 84 valence electrons. The fourth-order valence-corrected chi connectivity index (χ4v) is 2.39. The second-order valence-electron chi connectivity index (χ2n) is 4.53. The maximum absolute atomic E-state index is 12.3. The fourth-order valence-electron chi connectivity index (χ4n) is 2.39. The van der Waals surface area contributed by atoms with E-state index in [1.165, 1.54) is 0 Å². The molecule has 0 saturated carbocycles. The van der Waals surface area contributed by atoms with Crippen molar-refractivity contribution in [2.45, 2.75) is 13.3 Å². The smallest absolute Gasteiger partial charge is 0.193 e. The summed E-state index contributed by atoms with van der Waals surface area (Å²) in [5.41, 5.74) is 11.4. The van der Waals surface area contributed by atoms with Crippen molar-refractivity contribution >= 4 is 11.5 Å². The minimum Gasteiger partial charge on any atom is -0.398 e. The highest BCUT2D eigenvalue weighted by Crippen LogP contribution is 2.29. The van der Waals surface area contributed by atoms with Crippen molar-refractivity contribution in [1.29, 1.82) is 0 Å². The van der Waals surface area contributed by atoms with Gasteiger partial charge in [-0.15, -0.1) is 0 Å². The molecule has 17 heavy (non-hydrogen) atoms. The van der Waals surface area contributed by atoms with E-state index < -0.39 is 0 Å². The van der Waals surface area contributed by atoms with Crippen LogP contribution in [-0.4, -0.2) is 5.78 Å². The van der Waals surface area contributed by atoms with Crippen LogP contribution in [0.5, 0.6) is 0 Å². The normalized spacial score (nSPS) is 13.1. The summed E-state index contributed by atoms with van der Waals surface area (Å²) in [5.74, 6) is 0.0913. The highest BCUT2D eigenvalue weighted by molar-refractivity contribution is 6.12. The second kappa shape index (κ2) is 3.45. The standard InChI is InChI=1S/C15H13NO/c1-9-6-11-7-10-4-2-3-5-12(10)15(17)13(11)8-14(9)16/h2-6,8H,7,16H2,1H3. The molecule has 2 N–H and O–H groups in total. The highest BCUT2D eigenvalue weighted by atomic mass is 16.1. The molecule has 2 nitrogen and oxygen atoms in total. The van der Waals surface area contributed by atoms with Crippen molar-refractivity contribution in [2.75, 3.05) is 5.73 Å². The number of hydrogen-bond acceptors (Lipinski definition) is 2. The first kappa shape index (κ1) is 10.1. The Morgan fingerprint density at radius 1 is 1.06 bits per heavy atom. The molecule has 0 heterocycles. The Morgan fingerprint density at radius 2 is 1.82 bits per heavy atom. The molecular weight excluding hydrogens is 210 g/mol. The first-order valence-electron chi connectivity index (χ1n) is 5.68. The van der Waals surface area contributed by atoms with Crippen LogP contribution in [0.1, 0.15) is 32.6 Å². The minimum absolute atomic E-state index is 0.0913. The van der Waals surface area contributed by atoms with Crippen LogP contribution in [0, 0.1) is 6.92 Å². The third-order valence-corrected chi connectivity index (χ3v) is 3.38. The zero-order valence-electron chi connectivity index (χ0n) is 9.66. The molecule has 0 unspecified atom stereocenters. The maximum atomic E-state index is 12.3. The average Bonchev–Trinajstić information content (AvgIpc) is 2.32. The molecule has 0 amide bonds. The van der Waals surface area contributed by atoms with Gasteiger partial charge in [0.15, 0.2) is 5.78 Å². The predicted molar refractivity (Wildman–Crippen MR) is 68.3 cm³/mol. The van der Waals surface area contributed by atoms with E-state index in [0.29, 0.717) is 5.69 Å². The SMILES string of the molecule is Cc1cc2c(cc1N)C(=O)c1ccccc1C2. The average molecular weight is 223 g/mol. The molecule has 1 aliphatic rings. The van der Waals surface area contributed by atoms with Gasteiger partial charge in [0.05, 0.1) is 0 Å². The molecule has 1 aliphatic carbocycles. The molecule has 0 atom stereocenters. The lowest BCUT2D eigenvalue weighted by atomic mass is 9.84. The summed E-state index contributed by atoms with van der Waals surface area (Å²) in [5, 5.41) is 0. The lowest BCUT2D eigenvalue weighted by Crippen LogP contribution is -2.15. The van der Waals surface area contributed by atoms with Crippen molar-refractivity contribution in [3.63, 3.8) is 0 Å². The number of rotatable bonds is 0. The number of carbonyl (C=O) groups excluding carboxylic acids is 1. The van der Waals surface area contributed by atoms with E-state index in [9.17, 15) is 4.79 Å². The number of hydrogen-bond donors (Lipinski definition) is 1. The number of anilines is 1. The Kier molecular flexibility index (Phi) is 2.05. The van der Waals surface area contributed by atoms with Gasteiger partial charge in [-0.05, 0) is 36.1 Å². The number of aryl methyl sites for hydroxylation is 1. The summed E-state index contributed by atoms with van der Waals surface area (Å²) in [7, 11) is 0. The number of carbonyl (C=O) groups is 1. The van der Waals surface area contributed by atoms with Crippen LogP contribution >= 0.6 is 0 Å². The molecule has 2 aromatic rings. The third kappa shape index (κ3) is 1.45. The monoisotopic (exact) mass is 223 g/mol. The van der Waals surface area contributed by atoms with Crippen LogP contribution in [-0.2, 0) is 6.42 Å². The zero-order chi connectivity index (χ0) is 12.0. The van der Waals surface area contributed by atoms with E-state index in [4.69, 9.17) is 5.73 Å². The fraction of sp³-hybridized carbons (Fsp3) is 0.133. The Morgan fingerprint density at radius 3 is 2.65 bits per heavy atom. The lowest BCUT2D eigenvalue weighted by Gasteiger charge is -2.19. The molecule has 0 spiro atoms. The van der Waals surface area contributed by atoms with Crippen LogP contribution < -0.4 is 5.73 Å². The molecule has 0 aromatic heterocycles. The topological polar surface area (TPSA) is 43.1 Å². The predicted octanol–water partition coefficient (Wildman–Crippen LogP) is 2.71. The van der Waals surface area contributed by atoms with E-state index in [0.717, 1.165) is 34.2 Å². The summed E-state index contributed by atoms with van der Waals surface area (Å²) < 4.78 is 0. The van der Waals surface area contributed by atoms with Gasteiger partial charge in [0.25, 0.3) is 0 Å². The van der Waals surface area contributed by atoms with Crippen LogP contribution in [0.25, 0.3) is 0 Å². The van der Waals surface area contributed by atoms with Gasteiger partial charge in [-0.1, -0.05) is 30.3 Å². The number of nitrogens with two attached hydrogens (primary N) is 1. The first-order chi connectivity index (χ1) is 8.16. The van der Waals surface area contributed by atoms with E-state index in [1.54, 1.807) is 0 Å². The van der Waals surface area contributed by atoms with E-state index in [1.807, 2.05) is 43.3 Å². The summed E-state index contributed by atoms with van der Waals surface area (Å²) in [6.07, 6.45) is 0.818. The molecule has 2 aromatic carbocycles. The van der Waals surface area contributed by atoms with Crippen molar-refractivity contribution < 1.29 is 4.79 Å². The summed E-state index contributed by atoms with van der Waals surface area (Å²) in [6.45, 7) is 1.97. The maximum Gasteiger partial charge on any atom is 0.193 e. The molecule has 0 bridgehead atoms. The summed E-state index contributed by atoms with van der Waals surface area (Å²) >= 11 is 0. The number of benzene rings is 2. The van der Waals surface area contributed by atoms with E-state index in [-0.39, 0.29) is 5.78 Å². The lowest BCUT2D eigenvalue weighted by molar-refractivity contribution is 0.103. The van der Waals surface area contributed by atoms with Gasteiger partial charge in [0.1, 0.15) is 0 Å². The number of ketones is 1. The first-order valence-corrected chi connectivity index (χ1v) is 5.68. The number of fused-ring (bicyclic) bond motifs is 2. The molecule has 0 fully saturated rings. The second-order valence-corrected chi connectivity index (χ2v) is 4.53. The van der Waals surface area contributed by atoms with E-state index >= 15 is 0 Å². The summed E-state index contributed by atoms with van der Waals surface area (Å²) in [4.78, 5) is 12.3. The van der Waals surface area contributed by atoms with Gasteiger partial charge in [-0.3, -0.25) is 4.79 Å². The zero-order valence-corrected chi connectivity index (χ0v) is 9.66. The van der Waals surface area contributed by atoms with Crippen LogP contribution in [0.4, 0.5) is 5.69 Å². The molecular formula is C15H13NO. The molecule has 3 rings (SSSR count). The Balaban J connectivity index is 2.23. The van der Waals surface area contributed by atoms with Crippen LogP contribution in [0.2, 0.25) is 0 Å². The van der Waals surface area contributed by atoms with Gasteiger partial charge in [-0.2, -0.15) is 0 Å². The van der Waals surface area contributed by atoms with Crippen molar-refractivity contribution in [3.05, 3.63) is 64.2 Å². The minimum atomic E-state index is 0.0913. The Bertz CT molecular complexity index is 629. The largest absolute Gasteiger partial charge is 0.398 e. The summed E-state index contributed by atoms with van der Waals surface area (Å²) in [6, 6.07) is 11.6. The number of nitrogen functional groups attached to an aromatic ring is 1. The Labute approximate surface area is 100 Å².